The number of rotatable bonds is 14. The van der Waals surface area contributed by atoms with E-state index in [9.17, 15) is 4.79 Å². The van der Waals surface area contributed by atoms with Crippen molar-refractivity contribution in [3.8, 4) is 0 Å². The van der Waals surface area contributed by atoms with Gasteiger partial charge < -0.3 is 4.74 Å². The van der Waals surface area contributed by atoms with Crippen molar-refractivity contribution in [3.05, 3.63) is 12.2 Å². The van der Waals surface area contributed by atoms with E-state index >= 15 is 0 Å². The van der Waals surface area contributed by atoms with E-state index in [1.807, 2.05) is 6.92 Å². The van der Waals surface area contributed by atoms with Gasteiger partial charge in [0.1, 0.15) is 0 Å². The Balaban J connectivity index is 3.20. The molecule has 0 rings (SSSR count). The average Bonchev–Trinajstić information content (AvgIpc) is 2.44. The molecule has 0 aliphatic rings. The number of carbonyl (C=O) groups excluding carboxylic acids is 1. The lowest BCUT2D eigenvalue weighted by Gasteiger charge is -2.05. The molecule has 0 aromatic rings. The molecule has 0 aliphatic heterocycles. The van der Waals surface area contributed by atoms with Crippen molar-refractivity contribution in [3.63, 3.8) is 0 Å². The zero-order valence-corrected chi connectivity index (χ0v) is 13.7. The van der Waals surface area contributed by atoms with E-state index in [1.165, 1.54) is 64.2 Å². The number of hydrogen-bond acceptors (Lipinski definition) is 2. The normalized spacial score (nSPS) is 10.5. The highest BCUT2D eigenvalue weighted by molar-refractivity contribution is 5.87. The van der Waals surface area contributed by atoms with Crippen LogP contribution in [0.4, 0.5) is 0 Å². The minimum atomic E-state index is -0.223. The van der Waals surface area contributed by atoms with Crippen LogP contribution >= 0.6 is 0 Å². The van der Waals surface area contributed by atoms with Crippen LogP contribution in [0.2, 0.25) is 0 Å². The van der Waals surface area contributed by atoms with E-state index in [2.05, 4.69) is 13.5 Å². The first-order chi connectivity index (χ1) is 9.72. The summed E-state index contributed by atoms with van der Waals surface area (Å²) < 4.78 is 4.92. The van der Waals surface area contributed by atoms with Gasteiger partial charge in [0.15, 0.2) is 0 Å². The highest BCUT2D eigenvalue weighted by Gasteiger charge is 2.06. The third-order valence-electron chi connectivity index (χ3n) is 3.65. The van der Waals surface area contributed by atoms with Gasteiger partial charge >= 0.3 is 5.97 Å². The molecule has 2 nitrogen and oxygen atoms in total. The zero-order chi connectivity index (χ0) is 15.1. The lowest BCUT2D eigenvalue weighted by Crippen LogP contribution is -2.06. The Morgan fingerprint density at radius 3 is 1.70 bits per heavy atom. The first kappa shape index (κ1) is 19.2. The molecule has 0 atom stereocenters. The van der Waals surface area contributed by atoms with Crippen LogP contribution in [0.3, 0.4) is 0 Å². The predicted molar refractivity (Wildman–Crippen MR) is 86.9 cm³/mol. The van der Waals surface area contributed by atoms with Crippen molar-refractivity contribution in [2.75, 3.05) is 6.61 Å². The maximum Gasteiger partial charge on any atom is 0.333 e. The molecule has 0 unspecified atom stereocenters. The van der Waals surface area contributed by atoms with Gasteiger partial charge in [-0.25, -0.2) is 4.79 Å². The molecule has 0 aromatic heterocycles. The molecule has 0 aromatic carbocycles. The van der Waals surface area contributed by atoms with E-state index < -0.39 is 0 Å². The van der Waals surface area contributed by atoms with Crippen molar-refractivity contribution in [1.29, 1.82) is 0 Å². The quantitative estimate of drug-likeness (QED) is 0.228. The van der Waals surface area contributed by atoms with Crippen LogP contribution < -0.4 is 0 Å². The predicted octanol–water partition coefficient (Wildman–Crippen LogP) is 5.81. The largest absolute Gasteiger partial charge is 0.463 e. The number of unbranched alkanes of at least 4 members (excludes halogenated alkanes) is 10. The molecule has 2 heteroatoms. The number of esters is 1. The Morgan fingerprint density at radius 2 is 1.25 bits per heavy atom. The topological polar surface area (TPSA) is 26.3 Å². The third kappa shape index (κ3) is 12.3. The van der Waals surface area contributed by atoms with Crippen LogP contribution in [-0.2, 0) is 9.53 Å². The van der Waals surface area contributed by atoms with Gasteiger partial charge in [0, 0.05) is 5.57 Å². The van der Waals surface area contributed by atoms with Crippen LogP contribution in [0.15, 0.2) is 12.2 Å². The van der Waals surface area contributed by atoms with Crippen LogP contribution in [0.1, 0.15) is 90.9 Å². The van der Waals surface area contributed by atoms with E-state index in [0.29, 0.717) is 12.2 Å². The standard InChI is InChI=1S/C18H34O2/c1-4-6-7-8-9-10-11-12-13-14-15-16-17(3)18(19)20-5-2/h3-16H2,1-2H3. The van der Waals surface area contributed by atoms with Crippen molar-refractivity contribution in [2.24, 2.45) is 0 Å². The van der Waals surface area contributed by atoms with Crippen LogP contribution in [0.5, 0.6) is 0 Å². The summed E-state index contributed by atoms with van der Waals surface area (Å²) in [5, 5.41) is 0. The molecule has 0 spiro atoms. The molecule has 0 aliphatic carbocycles. The lowest BCUT2D eigenvalue weighted by atomic mass is 10.0. The summed E-state index contributed by atoms with van der Waals surface area (Å²) in [6, 6.07) is 0. The Hall–Kier alpha value is -0.790. The second-order valence-corrected chi connectivity index (χ2v) is 5.61. The van der Waals surface area contributed by atoms with Gasteiger partial charge in [-0.2, -0.15) is 0 Å². The van der Waals surface area contributed by atoms with Gasteiger partial charge in [-0.15, -0.1) is 0 Å². The first-order valence-electron chi connectivity index (χ1n) is 8.57. The van der Waals surface area contributed by atoms with Gasteiger partial charge in [-0.1, -0.05) is 77.7 Å². The molecule has 0 bridgehead atoms. The molecule has 0 saturated heterocycles. The molecule has 0 fully saturated rings. The van der Waals surface area contributed by atoms with Crippen LogP contribution in [0.25, 0.3) is 0 Å². The summed E-state index contributed by atoms with van der Waals surface area (Å²) in [5.41, 5.74) is 0.628. The summed E-state index contributed by atoms with van der Waals surface area (Å²) >= 11 is 0. The lowest BCUT2D eigenvalue weighted by molar-refractivity contribution is -0.138. The third-order valence-corrected chi connectivity index (χ3v) is 3.65. The van der Waals surface area contributed by atoms with E-state index in [0.717, 1.165) is 12.8 Å². The van der Waals surface area contributed by atoms with E-state index in [-0.39, 0.29) is 5.97 Å². The van der Waals surface area contributed by atoms with E-state index in [1.54, 1.807) is 0 Å². The summed E-state index contributed by atoms with van der Waals surface area (Å²) in [6.07, 6.45) is 15.4. The number of carbonyl (C=O) groups is 1. The fraction of sp³-hybridized carbons (Fsp3) is 0.833. The van der Waals surface area contributed by atoms with Gasteiger partial charge in [0.25, 0.3) is 0 Å². The number of ether oxygens (including phenoxy) is 1. The second kappa shape index (κ2) is 14.6. The first-order valence-corrected chi connectivity index (χ1v) is 8.57. The molecule has 0 amide bonds. The molecule has 0 radical (unpaired) electrons. The Labute approximate surface area is 126 Å². The van der Waals surface area contributed by atoms with Crippen molar-refractivity contribution >= 4 is 5.97 Å². The van der Waals surface area contributed by atoms with Crippen LogP contribution in [0, 0.1) is 0 Å². The fourth-order valence-corrected chi connectivity index (χ4v) is 2.34. The van der Waals surface area contributed by atoms with Crippen molar-refractivity contribution < 1.29 is 9.53 Å². The van der Waals surface area contributed by atoms with E-state index in [4.69, 9.17) is 4.74 Å². The monoisotopic (exact) mass is 282 g/mol. The minimum Gasteiger partial charge on any atom is -0.463 e. The van der Waals surface area contributed by atoms with Gasteiger partial charge in [0.05, 0.1) is 6.61 Å². The summed E-state index contributed by atoms with van der Waals surface area (Å²) in [4.78, 5) is 11.3. The highest BCUT2D eigenvalue weighted by atomic mass is 16.5. The highest BCUT2D eigenvalue weighted by Crippen LogP contribution is 2.13. The average molecular weight is 282 g/mol. The minimum absolute atomic E-state index is 0.223. The molecule has 0 heterocycles. The summed E-state index contributed by atoms with van der Waals surface area (Å²) in [7, 11) is 0. The van der Waals surface area contributed by atoms with Crippen molar-refractivity contribution in [2.45, 2.75) is 90.9 Å². The fourth-order valence-electron chi connectivity index (χ4n) is 2.34. The maximum absolute atomic E-state index is 11.3. The smallest absolute Gasteiger partial charge is 0.333 e. The van der Waals surface area contributed by atoms with Crippen molar-refractivity contribution in [1.82, 2.24) is 0 Å². The molecule has 0 N–H and O–H groups in total. The number of hydrogen-bond donors (Lipinski definition) is 0. The Bertz CT molecular complexity index is 246. The second-order valence-electron chi connectivity index (χ2n) is 5.61. The molecular weight excluding hydrogens is 248 g/mol. The Kier molecular flexibility index (Phi) is 14.0. The summed E-state index contributed by atoms with van der Waals surface area (Å²) in [6.45, 7) is 8.31. The summed E-state index contributed by atoms with van der Waals surface area (Å²) in [5.74, 6) is -0.223. The SMILES string of the molecule is C=C(CCCCCCCCCCCCC)C(=O)OCC. The van der Waals surface area contributed by atoms with Gasteiger partial charge in [0.2, 0.25) is 0 Å². The molecule has 118 valence electrons. The molecule has 20 heavy (non-hydrogen) atoms. The van der Waals surface area contributed by atoms with Gasteiger partial charge in [-0.3, -0.25) is 0 Å². The van der Waals surface area contributed by atoms with Gasteiger partial charge in [-0.05, 0) is 19.8 Å². The Morgan fingerprint density at radius 1 is 0.800 bits per heavy atom. The molecular formula is C18H34O2. The maximum atomic E-state index is 11.3. The van der Waals surface area contributed by atoms with Crippen LogP contribution in [-0.4, -0.2) is 12.6 Å². The molecule has 0 saturated carbocycles. The zero-order valence-electron chi connectivity index (χ0n) is 13.7.